The van der Waals surface area contributed by atoms with Crippen molar-refractivity contribution in [2.24, 2.45) is 0 Å². The van der Waals surface area contributed by atoms with Gasteiger partial charge in [0.2, 0.25) is 5.91 Å². The second-order valence-electron chi connectivity index (χ2n) is 7.46. The zero-order valence-electron chi connectivity index (χ0n) is 17.2. The van der Waals surface area contributed by atoms with E-state index in [1.54, 1.807) is 24.3 Å². The van der Waals surface area contributed by atoms with Gasteiger partial charge >= 0.3 is 0 Å². The summed E-state index contributed by atoms with van der Waals surface area (Å²) in [6, 6.07) is 16.6. The molecule has 2 amide bonds. The van der Waals surface area contributed by atoms with Gasteiger partial charge < -0.3 is 20.0 Å². The number of fused-ring (bicyclic) bond motifs is 1. The molecule has 158 valence electrons. The van der Waals surface area contributed by atoms with E-state index in [-0.39, 0.29) is 24.0 Å². The predicted octanol–water partition coefficient (Wildman–Crippen LogP) is 5.25. The van der Waals surface area contributed by atoms with Crippen LogP contribution in [0.25, 0.3) is 10.9 Å². The van der Waals surface area contributed by atoms with Gasteiger partial charge in [0.15, 0.2) is 10.4 Å². The number of nitrogens with one attached hydrogen (secondary N) is 3. The highest BCUT2D eigenvalue weighted by Gasteiger charge is 2.11. The van der Waals surface area contributed by atoms with Crippen LogP contribution in [0.15, 0.2) is 63.7 Å². The molecule has 0 fully saturated rings. The number of halogens is 1. The van der Waals surface area contributed by atoms with E-state index < -0.39 is 0 Å². The lowest BCUT2D eigenvalue weighted by Gasteiger charge is -2.08. The van der Waals surface area contributed by atoms with E-state index >= 15 is 0 Å². The summed E-state index contributed by atoms with van der Waals surface area (Å²) < 4.78 is 5.74. The highest BCUT2D eigenvalue weighted by Crippen LogP contribution is 2.22. The monoisotopic (exact) mass is 479 g/mol. The normalized spacial score (nSPS) is 10.9. The fraction of sp³-hybridized carbons (Fsp3) is 0.167. The molecule has 0 atom stereocenters. The number of hydrogen-bond acceptors (Lipinski definition) is 3. The molecule has 4 aromatic rings. The topological polar surface area (TPSA) is 87.1 Å². The molecule has 31 heavy (non-hydrogen) atoms. The third-order valence-corrected chi connectivity index (χ3v) is 5.66. The van der Waals surface area contributed by atoms with Gasteiger partial charge in [-0.15, -0.1) is 0 Å². The first-order valence-electron chi connectivity index (χ1n) is 9.89. The molecule has 7 heteroatoms. The first-order chi connectivity index (χ1) is 14.9. The van der Waals surface area contributed by atoms with Crippen molar-refractivity contribution >= 4 is 44.3 Å². The number of anilines is 1. The molecule has 0 spiro atoms. The standard InChI is InChI=1S/C24H22BrN3O3/c1-14-15(2)27-20-8-5-17(11-19(14)20)13-26-23(29)12-16-3-6-18(7-4-16)28-24(30)21-9-10-22(25)31-21/h3-11,27H,12-13H2,1-2H3,(H,26,29)(H,28,30). The lowest BCUT2D eigenvalue weighted by Crippen LogP contribution is -2.24. The molecule has 0 bridgehead atoms. The Balaban J connectivity index is 1.31. The zero-order valence-corrected chi connectivity index (χ0v) is 18.8. The van der Waals surface area contributed by atoms with Crippen molar-refractivity contribution in [1.29, 1.82) is 0 Å². The number of benzene rings is 2. The Morgan fingerprint density at radius 2 is 1.74 bits per heavy atom. The SMILES string of the molecule is Cc1[nH]c2ccc(CNC(=O)Cc3ccc(NC(=O)c4ccc(Br)o4)cc3)cc2c1C. The van der Waals surface area contributed by atoms with Gasteiger partial charge in [-0.05, 0) is 82.9 Å². The smallest absolute Gasteiger partial charge is 0.291 e. The van der Waals surface area contributed by atoms with Crippen LogP contribution in [-0.2, 0) is 17.8 Å². The Labute approximate surface area is 188 Å². The third-order valence-electron chi connectivity index (χ3n) is 5.24. The quantitative estimate of drug-likeness (QED) is 0.352. The Morgan fingerprint density at radius 1 is 1.00 bits per heavy atom. The van der Waals surface area contributed by atoms with E-state index in [9.17, 15) is 9.59 Å². The Hall–Kier alpha value is -3.32. The van der Waals surface area contributed by atoms with E-state index in [1.807, 2.05) is 24.3 Å². The largest absolute Gasteiger partial charge is 0.444 e. The van der Waals surface area contributed by atoms with Gasteiger partial charge in [0.05, 0.1) is 6.42 Å². The Kier molecular flexibility index (Phi) is 5.95. The van der Waals surface area contributed by atoms with E-state index in [0.717, 1.165) is 22.3 Å². The molecule has 0 radical (unpaired) electrons. The molecule has 0 aliphatic carbocycles. The minimum atomic E-state index is -0.332. The molecule has 0 aliphatic rings. The number of aromatic nitrogens is 1. The number of carbonyl (C=O) groups excluding carboxylic acids is 2. The van der Waals surface area contributed by atoms with Crippen LogP contribution in [0.1, 0.15) is 32.9 Å². The van der Waals surface area contributed by atoms with Crippen molar-refractivity contribution in [3.8, 4) is 0 Å². The van der Waals surface area contributed by atoms with Gasteiger partial charge in [-0.2, -0.15) is 0 Å². The maximum atomic E-state index is 12.4. The van der Waals surface area contributed by atoms with Gasteiger partial charge in [-0.3, -0.25) is 9.59 Å². The Morgan fingerprint density at radius 3 is 2.45 bits per heavy atom. The van der Waals surface area contributed by atoms with Gasteiger partial charge in [-0.1, -0.05) is 18.2 Å². The van der Waals surface area contributed by atoms with Crippen molar-refractivity contribution in [2.45, 2.75) is 26.8 Å². The van der Waals surface area contributed by atoms with Crippen LogP contribution in [0.3, 0.4) is 0 Å². The zero-order chi connectivity index (χ0) is 22.0. The van der Waals surface area contributed by atoms with E-state index in [4.69, 9.17) is 4.42 Å². The van der Waals surface area contributed by atoms with Crippen molar-refractivity contribution in [1.82, 2.24) is 10.3 Å². The van der Waals surface area contributed by atoms with Crippen LogP contribution in [0.2, 0.25) is 0 Å². The van der Waals surface area contributed by atoms with Crippen LogP contribution < -0.4 is 10.6 Å². The molecule has 0 unspecified atom stereocenters. The molecule has 6 nitrogen and oxygen atoms in total. The fourth-order valence-electron chi connectivity index (χ4n) is 3.40. The summed E-state index contributed by atoms with van der Waals surface area (Å²) in [7, 11) is 0. The van der Waals surface area contributed by atoms with E-state index in [1.165, 1.54) is 10.9 Å². The van der Waals surface area contributed by atoms with Crippen LogP contribution in [0.4, 0.5) is 5.69 Å². The number of aromatic amines is 1. The molecule has 3 N–H and O–H groups in total. The molecule has 4 rings (SSSR count). The first-order valence-corrected chi connectivity index (χ1v) is 10.7. The second-order valence-corrected chi connectivity index (χ2v) is 8.24. The van der Waals surface area contributed by atoms with E-state index in [0.29, 0.717) is 16.9 Å². The minimum Gasteiger partial charge on any atom is -0.444 e. The average Bonchev–Trinajstić information content (AvgIpc) is 3.31. The van der Waals surface area contributed by atoms with Crippen LogP contribution in [0, 0.1) is 13.8 Å². The second kappa shape index (κ2) is 8.81. The number of rotatable bonds is 6. The lowest BCUT2D eigenvalue weighted by molar-refractivity contribution is -0.120. The van der Waals surface area contributed by atoms with Crippen molar-refractivity contribution < 1.29 is 14.0 Å². The number of hydrogen-bond donors (Lipinski definition) is 3. The summed E-state index contributed by atoms with van der Waals surface area (Å²) in [6.45, 7) is 4.63. The molecule has 2 heterocycles. The summed E-state index contributed by atoms with van der Waals surface area (Å²) in [5, 5.41) is 6.92. The van der Waals surface area contributed by atoms with E-state index in [2.05, 4.69) is 51.5 Å². The fourth-order valence-corrected chi connectivity index (χ4v) is 3.71. The highest BCUT2D eigenvalue weighted by atomic mass is 79.9. The Bertz CT molecular complexity index is 1260. The molecule has 0 saturated heterocycles. The number of H-pyrrole nitrogens is 1. The van der Waals surface area contributed by atoms with Crippen LogP contribution in [-0.4, -0.2) is 16.8 Å². The van der Waals surface area contributed by atoms with Gasteiger partial charge in [-0.25, -0.2) is 0 Å². The first kappa shape index (κ1) is 20.9. The molecule has 2 aromatic heterocycles. The summed E-state index contributed by atoms with van der Waals surface area (Å²) in [6.07, 6.45) is 0.268. The van der Waals surface area contributed by atoms with Crippen LogP contribution in [0.5, 0.6) is 0 Å². The third kappa shape index (κ3) is 4.88. The van der Waals surface area contributed by atoms with Crippen molar-refractivity contribution in [2.75, 3.05) is 5.32 Å². The van der Waals surface area contributed by atoms with Gasteiger partial charge in [0.25, 0.3) is 5.91 Å². The van der Waals surface area contributed by atoms with Crippen LogP contribution >= 0.6 is 15.9 Å². The summed E-state index contributed by atoms with van der Waals surface area (Å²) in [5.41, 5.74) is 6.06. The van der Waals surface area contributed by atoms with Crippen molar-refractivity contribution in [3.63, 3.8) is 0 Å². The minimum absolute atomic E-state index is 0.0562. The number of amides is 2. The molecular weight excluding hydrogens is 458 g/mol. The molecule has 0 aliphatic heterocycles. The van der Waals surface area contributed by atoms with Crippen molar-refractivity contribution in [3.05, 3.63) is 87.4 Å². The predicted molar refractivity (Wildman–Crippen MR) is 124 cm³/mol. The number of furan rings is 1. The molecule has 2 aromatic carbocycles. The maximum absolute atomic E-state index is 12.4. The number of aryl methyl sites for hydroxylation is 2. The summed E-state index contributed by atoms with van der Waals surface area (Å²) >= 11 is 3.17. The molecular formula is C24H22BrN3O3. The number of carbonyl (C=O) groups is 2. The molecule has 0 saturated carbocycles. The summed E-state index contributed by atoms with van der Waals surface area (Å²) in [4.78, 5) is 27.8. The maximum Gasteiger partial charge on any atom is 0.291 e. The average molecular weight is 480 g/mol. The van der Waals surface area contributed by atoms with Gasteiger partial charge in [0, 0.05) is 28.8 Å². The summed E-state index contributed by atoms with van der Waals surface area (Å²) in [5.74, 6) is -0.168. The highest BCUT2D eigenvalue weighted by molar-refractivity contribution is 9.10. The lowest BCUT2D eigenvalue weighted by atomic mass is 10.1. The van der Waals surface area contributed by atoms with Gasteiger partial charge in [0.1, 0.15) is 0 Å².